The van der Waals surface area contributed by atoms with Crippen molar-refractivity contribution in [2.24, 2.45) is 0 Å². The first-order chi connectivity index (χ1) is 9.34. The molecule has 4 heteroatoms. The summed E-state index contributed by atoms with van der Waals surface area (Å²) in [6.07, 6.45) is 6.87. The van der Waals surface area contributed by atoms with Gasteiger partial charge in [-0.2, -0.15) is 0 Å². The normalized spacial score (nSPS) is 15.8. The highest BCUT2D eigenvalue weighted by Gasteiger charge is 2.10. The lowest BCUT2D eigenvalue weighted by Crippen LogP contribution is -2.20. The Labute approximate surface area is 120 Å². The average molecular weight is 280 g/mol. The summed E-state index contributed by atoms with van der Waals surface area (Å²) < 4.78 is 5.62. The minimum atomic E-state index is 0.750. The molecule has 1 saturated heterocycles. The highest BCUT2D eigenvalue weighted by Crippen LogP contribution is 2.14. The lowest BCUT2D eigenvalue weighted by atomic mass is 10.2. The van der Waals surface area contributed by atoms with Gasteiger partial charge in [0, 0.05) is 30.4 Å². The van der Waals surface area contributed by atoms with Crippen LogP contribution >= 0.6 is 11.8 Å². The smallest absolute Gasteiger partial charge is 0.213 e. The van der Waals surface area contributed by atoms with Crippen molar-refractivity contribution in [3.8, 4) is 5.88 Å². The highest BCUT2D eigenvalue weighted by atomic mass is 32.2. The van der Waals surface area contributed by atoms with Crippen molar-refractivity contribution >= 4 is 11.8 Å². The zero-order chi connectivity index (χ0) is 13.3. The van der Waals surface area contributed by atoms with E-state index in [-0.39, 0.29) is 0 Å². The third kappa shape index (κ3) is 5.83. The summed E-state index contributed by atoms with van der Waals surface area (Å²) in [6.45, 7) is 5.38. The number of hydrogen-bond donors (Lipinski definition) is 0. The second kappa shape index (κ2) is 8.43. The molecule has 1 fully saturated rings. The minimum Gasteiger partial charge on any atom is -0.478 e. The first-order valence-electron chi connectivity index (χ1n) is 7.20. The van der Waals surface area contributed by atoms with Crippen LogP contribution in [0.3, 0.4) is 0 Å². The maximum Gasteiger partial charge on any atom is 0.213 e. The summed E-state index contributed by atoms with van der Waals surface area (Å²) in [5, 5.41) is 0. The molecular weight excluding hydrogens is 256 g/mol. The number of thioether (sulfide) groups is 1. The van der Waals surface area contributed by atoms with Crippen molar-refractivity contribution in [1.29, 1.82) is 0 Å². The number of ether oxygens (including phenoxy) is 1. The number of hydrogen-bond acceptors (Lipinski definition) is 4. The Bertz CT molecular complexity index is 350. The van der Waals surface area contributed by atoms with E-state index in [1.165, 1.54) is 49.5 Å². The van der Waals surface area contributed by atoms with Crippen LogP contribution in [0.25, 0.3) is 0 Å². The number of aromatic nitrogens is 1. The van der Waals surface area contributed by atoms with Crippen LogP contribution in [0.1, 0.15) is 31.2 Å². The van der Waals surface area contributed by atoms with Gasteiger partial charge in [0.05, 0.1) is 6.61 Å². The SMILES string of the molecule is Cc1ccc(OCCCCCCN2CCSC2)nc1. The molecule has 1 aliphatic rings. The quantitative estimate of drug-likeness (QED) is 0.682. The Kier molecular flexibility index (Phi) is 6.51. The number of aryl methyl sites for hydroxylation is 1. The van der Waals surface area contributed by atoms with E-state index in [1.54, 1.807) is 0 Å². The van der Waals surface area contributed by atoms with Crippen molar-refractivity contribution in [3.63, 3.8) is 0 Å². The van der Waals surface area contributed by atoms with E-state index in [9.17, 15) is 0 Å². The van der Waals surface area contributed by atoms with Crippen molar-refractivity contribution < 1.29 is 4.74 Å². The fourth-order valence-electron chi connectivity index (χ4n) is 2.14. The van der Waals surface area contributed by atoms with Crippen LogP contribution in [0.2, 0.25) is 0 Å². The van der Waals surface area contributed by atoms with Gasteiger partial charge in [-0.05, 0) is 31.9 Å². The first-order valence-corrected chi connectivity index (χ1v) is 8.35. The topological polar surface area (TPSA) is 25.4 Å². The van der Waals surface area contributed by atoms with Gasteiger partial charge >= 0.3 is 0 Å². The van der Waals surface area contributed by atoms with Gasteiger partial charge in [0.1, 0.15) is 0 Å². The van der Waals surface area contributed by atoms with Crippen LogP contribution in [0.15, 0.2) is 18.3 Å². The van der Waals surface area contributed by atoms with Crippen molar-refractivity contribution in [1.82, 2.24) is 9.88 Å². The second-order valence-corrected chi connectivity index (χ2v) is 6.17. The highest BCUT2D eigenvalue weighted by molar-refractivity contribution is 7.99. The molecule has 0 radical (unpaired) electrons. The van der Waals surface area contributed by atoms with E-state index in [0.29, 0.717) is 0 Å². The van der Waals surface area contributed by atoms with Crippen LogP contribution < -0.4 is 4.74 Å². The molecule has 1 aromatic heterocycles. The van der Waals surface area contributed by atoms with Crippen LogP contribution in [0.4, 0.5) is 0 Å². The average Bonchev–Trinajstić information content (AvgIpc) is 2.93. The van der Waals surface area contributed by atoms with E-state index in [0.717, 1.165) is 18.9 Å². The summed E-state index contributed by atoms with van der Waals surface area (Å²) in [6, 6.07) is 3.98. The fourth-order valence-corrected chi connectivity index (χ4v) is 3.17. The number of unbranched alkanes of at least 4 members (excludes halogenated alkanes) is 3. The van der Waals surface area contributed by atoms with Crippen LogP contribution in [-0.4, -0.2) is 41.2 Å². The maximum absolute atomic E-state index is 5.62. The monoisotopic (exact) mass is 280 g/mol. The molecule has 0 amide bonds. The van der Waals surface area contributed by atoms with E-state index >= 15 is 0 Å². The summed E-state index contributed by atoms with van der Waals surface area (Å²) >= 11 is 2.05. The van der Waals surface area contributed by atoms with Crippen molar-refractivity contribution in [3.05, 3.63) is 23.9 Å². The van der Waals surface area contributed by atoms with Crippen LogP contribution in [0, 0.1) is 6.92 Å². The summed E-state index contributed by atoms with van der Waals surface area (Å²) in [5.74, 6) is 3.30. The molecule has 1 aliphatic heterocycles. The Hall–Kier alpha value is -0.740. The van der Waals surface area contributed by atoms with Crippen molar-refractivity contribution in [2.45, 2.75) is 32.6 Å². The third-order valence-corrected chi connectivity index (χ3v) is 4.35. The number of pyridine rings is 1. The summed E-state index contributed by atoms with van der Waals surface area (Å²) in [4.78, 5) is 6.79. The van der Waals surface area contributed by atoms with Gasteiger partial charge in [-0.25, -0.2) is 4.98 Å². The standard InChI is InChI=1S/C15H24N2OS/c1-14-6-7-15(16-12-14)18-10-5-3-2-4-8-17-9-11-19-13-17/h6-7,12H,2-5,8-11,13H2,1H3. The molecule has 0 saturated carbocycles. The molecule has 1 aromatic rings. The molecule has 0 aromatic carbocycles. The zero-order valence-electron chi connectivity index (χ0n) is 11.8. The molecule has 106 valence electrons. The molecule has 0 aliphatic carbocycles. The Balaban J connectivity index is 1.44. The lowest BCUT2D eigenvalue weighted by molar-refractivity contribution is 0.289. The molecule has 0 N–H and O–H groups in total. The van der Waals surface area contributed by atoms with E-state index in [1.807, 2.05) is 25.3 Å². The fraction of sp³-hybridized carbons (Fsp3) is 0.667. The van der Waals surface area contributed by atoms with Gasteiger partial charge < -0.3 is 4.74 Å². The van der Waals surface area contributed by atoms with Gasteiger partial charge in [0.25, 0.3) is 0 Å². The van der Waals surface area contributed by atoms with Gasteiger partial charge in [-0.15, -0.1) is 11.8 Å². The maximum atomic E-state index is 5.62. The molecule has 3 nitrogen and oxygen atoms in total. The Morgan fingerprint density at radius 1 is 1.26 bits per heavy atom. The van der Waals surface area contributed by atoms with E-state index in [2.05, 4.69) is 21.6 Å². The molecule has 0 unspecified atom stereocenters. The molecule has 2 heterocycles. The van der Waals surface area contributed by atoms with Crippen LogP contribution in [0.5, 0.6) is 5.88 Å². The molecule has 2 rings (SSSR count). The van der Waals surface area contributed by atoms with E-state index < -0.39 is 0 Å². The molecular formula is C15H24N2OS. The number of nitrogens with zero attached hydrogens (tertiary/aromatic N) is 2. The van der Waals surface area contributed by atoms with Crippen molar-refractivity contribution in [2.75, 3.05) is 31.3 Å². The third-order valence-electron chi connectivity index (χ3n) is 3.33. The van der Waals surface area contributed by atoms with E-state index in [4.69, 9.17) is 4.74 Å². The van der Waals surface area contributed by atoms with Gasteiger partial charge in [-0.3, -0.25) is 4.90 Å². The second-order valence-electron chi connectivity index (χ2n) is 5.09. The lowest BCUT2D eigenvalue weighted by Gasteiger charge is -2.12. The summed E-state index contributed by atoms with van der Waals surface area (Å²) in [5.41, 5.74) is 1.17. The number of rotatable bonds is 8. The van der Waals surface area contributed by atoms with Gasteiger partial charge in [0.15, 0.2) is 0 Å². The minimum absolute atomic E-state index is 0.750. The first kappa shape index (κ1) is 14.7. The summed E-state index contributed by atoms with van der Waals surface area (Å²) in [7, 11) is 0. The molecule has 0 bridgehead atoms. The Morgan fingerprint density at radius 2 is 2.16 bits per heavy atom. The largest absolute Gasteiger partial charge is 0.478 e. The zero-order valence-corrected chi connectivity index (χ0v) is 12.6. The Morgan fingerprint density at radius 3 is 2.89 bits per heavy atom. The predicted molar refractivity (Wildman–Crippen MR) is 81.8 cm³/mol. The molecule has 0 atom stereocenters. The molecule has 0 spiro atoms. The predicted octanol–water partition coefficient (Wildman–Crippen LogP) is 3.34. The van der Waals surface area contributed by atoms with Gasteiger partial charge in [-0.1, -0.05) is 18.9 Å². The van der Waals surface area contributed by atoms with Crippen LogP contribution in [-0.2, 0) is 0 Å². The molecule has 19 heavy (non-hydrogen) atoms. The van der Waals surface area contributed by atoms with Gasteiger partial charge in [0.2, 0.25) is 5.88 Å².